The van der Waals surface area contributed by atoms with E-state index in [1.54, 1.807) is 0 Å². The molecule has 0 saturated carbocycles. The zero-order valence-corrected chi connectivity index (χ0v) is 12.7. The summed E-state index contributed by atoms with van der Waals surface area (Å²) >= 11 is 0. The summed E-state index contributed by atoms with van der Waals surface area (Å²) in [5.41, 5.74) is 2.42. The van der Waals surface area contributed by atoms with Crippen LogP contribution in [0.2, 0.25) is 0 Å². The first kappa shape index (κ1) is 15.5. The van der Waals surface area contributed by atoms with Gasteiger partial charge >= 0.3 is 0 Å². The van der Waals surface area contributed by atoms with E-state index in [-0.39, 0.29) is 6.10 Å². The van der Waals surface area contributed by atoms with Gasteiger partial charge in [-0.1, -0.05) is 36.8 Å². The molecular formula is C17H27NO2. The van der Waals surface area contributed by atoms with Crippen LogP contribution in [-0.2, 0) is 11.3 Å². The largest absolute Gasteiger partial charge is 0.389 e. The van der Waals surface area contributed by atoms with Crippen molar-refractivity contribution >= 4 is 0 Å². The molecule has 0 aliphatic carbocycles. The predicted molar refractivity (Wildman–Crippen MR) is 81.7 cm³/mol. The van der Waals surface area contributed by atoms with Crippen LogP contribution in [-0.4, -0.2) is 42.4 Å². The highest BCUT2D eigenvalue weighted by molar-refractivity contribution is 5.20. The summed E-state index contributed by atoms with van der Waals surface area (Å²) < 4.78 is 5.61. The molecule has 1 fully saturated rings. The van der Waals surface area contributed by atoms with E-state index in [1.165, 1.54) is 18.4 Å². The van der Waals surface area contributed by atoms with Crippen LogP contribution >= 0.6 is 0 Å². The molecule has 1 aliphatic rings. The van der Waals surface area contributed by atoms with E-state index in [0.29, 0.717) is 13.2 Å². The van der Waals surface area contributed by atoms with E-state index in [9.17, 15) is 5.11 Å². The number of β-amino-alcohol motifs (C(OH)–C–C–N with tert-alkyl or cyclic N) is 1. The molecule has 20 heavy (non-hydrogen) atoms. The zero-order chi connectivity index (χ0) is 14.4. The molecule has 0 radical (unpaired) electrons. The molecule has 0 bridgehead atoms. The number of aliphatic hydroxyl groups excluding tert-OH is 1. The van der Waals surface area contributed by atoms with Crippen molar-refractivity contribution in [1.29, 1.82) is 0 Å². The smallest absolute Gasteiger partial charge is 0.0900 e. The Morgan fingerprint density at radius 3 is 2.80 bits per heavy atom. The van der Waals surface area contributed by atoms with Crippen LogP contribution in [0.15, 0.2) is 24.3 Å². The summed E-state index contributed by atoms with van der Waals surface area (Å²) in [7, 11) is 0. The van der Waals surface area contributed by atoms with Crippen molar-refractivity contribution in [1.82, 2.24) is 4.90 Å². The Balaban J connectivity index is 1.64. The lowest BCUT2D eigenvalue weighted by Crippen LogP contribution is -2.40. The molecule has 1 saturated heterocycles. The lowest BCUT2D eigenvalue weighted by atomic mass is 10.0. The van der Waals surface area contributed by atoms with Crippen LogP contribution in [0.3, 0.4) is 0 Å². The second-order valence-electron chi connectivity index (χ2n) is 6.16. The van der Waals surface area contributed by atoms with E-state index in [0.717, 1.165) is 31.1 Å². The molecule has 112 valence electrons. The van der Waals surface area contributed by atoms with E-state index in [1.807, 2.05) is 0 Å². The number of ether oxygens (including phenoxy) is 1. The van der Waals surface area contributed by atoms with Crippen molar-refractivity contribution in [2.45, 2.75) is 39.4 Å². The van der Waals surface area contributed by atoms with Crippen LogP contribution in [0.25, 0.3) is 0 Å². The first-order chi connectivity index (χ1) is 9.63. The third kappa shape index (κ3) is 5.23. The van der Waals surface area contributed by atoms with E-state index in [2.05, 4.69) is 43.0 Å². The summed E-state index contributed by atoms with van der Waals surface area (Å²) in [6.45, 7) is 8.31. The SMILES string of the molecule is Cc1ccc(COC[C@@H](O)CN2CCC[C@@H](C)C2)cc1. The number of hydrogen-bond donors (Lipinski definition) is 1. The van der Waals surface area contributed by atoms with E-state index >= 15 is 0 Å². The molecule has 2 rings (SSSR count). The molecule has 0 spiro atoms. The molecule has 1 aromatic rings. The summed E-state index contributed by atoms with van der Waals surface area (Å²) in [4.78, 5) is 2.36. The molecule has 0 unspecified atom stereocenters. The number of aliphatic hydroxyl groups is 1. The Bertz CT molecular complexity index is 390. The summed E-state index contributed by atoms with van der Waals surface area (Å²) in [5, 5.41) is 10.0. The Hall–Kier alpha value is -0.900. The predicted octanol–water partition coefficient (Wildman–Crippen LogP) is 2.60. The van der Waals surface area contributed by atoms with Crippen molar-refractivity contribution in [2.75, 3.05) is 26.2 Å². The fraction of sp³-hybridized carbons (Fsp3) is 0.647. The molecule has 3 nitrogen and oxygen atoms in total. The normalized spacial score (nSPS) is 21.9. The Morgan fingerprint density at radius 1 is 1.35 bits per heavy atom. The van der Waals surface area contributed by atoms with Crippen LogP contribution in [0.1, 0.15) is 30.9 Å². The van der Waals surface area contributed by atoms with Crippen molar-refractivity contribution < 1.29 is 9.84 Å². The third-order valence-corrected chi connectivity index (χ3v) is 3.91. The van der Waals surface area contributed by atoms with Crippen molar-refractivity contribution in [3.05, 3.63) is 35.4 Å². The third-order valence-electron chi connectivity index (χ3n) is 3.91. The maximum Gasteiger partial charge on any atom is 0.0900 e. The van der Waals surface area contributed by atoms with E-state index in [4.69, 9.17) is 4.74 Å². The van der Waals surface area contributed by atoms with Gasteiger partial charge in [-0.2, -0.15) is 0 Å². The highest BCUT2D eigenvalue weighted by Crippen LogP contribution is 2.15. The summed E-state index contributed by atoms with van der Waals surface area (Å²) in [5.74, 6) is 0.754. The van der Waals surface area contributed by atoms with Crippen LogP contribution < -0.4 is 0 Å². The number of nitrogens with zero attached hydrogens (tertiary/aromatic N) is 1. The van der Waals surface area contributed by atoms with Gasteiger partial charge in [0.05, 0.1) is 19.3 Å². The highest BCUT2D eigenvalue weighted by Gasteiger charge is 2.18. The zero-order valence-electron chi connectivity index (χ0n) is 12.7. The van der Waals surface area contributed by atoms with Gasteiger partial charge in [0.1, 0.15) is 0 Å². The number of likely N-dealkylation sites (tertiary alicyclic amines) is 1. The quantitative estimate of drug-likeness (QED) is 0.867. The minimum Gasteiger partial charge on any atom is -0.389 e. The van der Waals surface area contributed by atoms with Crippen molar-refractivity contribution in [3.63, 3.8) is 0 Å². The maximum absolute atomic E-state index is 10.0. The van der Waals surface area contributed by atoms with Crippen LogP contribution in [0, 0.1) is 12.8 Å². The van der Waals surface area contributed by atoms with Gasteiger partial charge in [-0.05, 0) is 37.8 Å². The highest BCUT2D eigenvalue weighted by atomic mass is 16.5. The number of rotatable bonds is 6. The monoisotopic (exact) mass is 277 g/mol. The van der Waals surface area contributed by atoms with Crippen LogP contribution in [0.5, 0.6) is 0 Å². The van der Waals surface area contributed by atoms with Gasteiger partial charge in [0.2, 0.25) is 0 Å². The molecule has 1 N–H and O–H groups in total. The molecule has 3 heteroatoms. The lowest BCUT2D eigenvalue weighted by molar-refractivity contribution is 0.00377. The second-order valence-corrected chi connectivity index (χ2v) is 6.16. The van der Waals surface area contributed by atoms with Gasteiger partial charge < -0.3 is 14.7 Å². The minimum absolute atomic E-state index is 0.384. The molecular weight excluding hydrogens is 250 g/mol. The molecule has 0 amide bonds. The van der Waals surface area contributed by atoms with Gasteiger partial charge in [0.15, 0.2) is 0 Å². The fourth-order valence-corrected chi connectivity index (χ4v) is 2.80. The molecule has 2 atom stereocenters. The average Bonchev–Trinajstić information content (AvgIpc) is 2.41. The molecule has 1 heterocycles. The Kier molecular flexibility index (Phi) is 6.02. The minimum atomic E-state index is -0.384. The van der Waals surface area contributed by atoms with E-state index < -0.39 is 0 Å². The first-order valence-electron chi connectivity index (χ1n) is 7.67. The molecule has 1 aromatic carbocycles. The topological polar surface area (TPSA) is 32.7 Å². The van der Waals surface area contributed by atoms with Gasteiger partial charge in [0, 0.05) is 13.1 Å². The Labute approximate surface area is 122 Å². The number of benzene rings is 1. The second kappa shape index (κ2) is 7.77. The first-order valence-corrected chi connectivity index (χ1v) is 7.67. The number of piperidine rings is 1. The maximum atomic E-state index is 10.0. The Morgan fingerprint density at radius 2 is 2.10 bits per heavy atom. The summed E-state index contributed by atoms with van der Waals surface area (Å²) in [6.07, 6.45) is 2.18. The number of aryl methyl sites for hydroxylation is 1. The van der Waals surface area contributed by atoms with Gasteiger partial charge in [-0.15, -0.1) is 0 Å². The molecule has 0 aromatic heterocycles. The standard InChI is InChI=1S/C17H27NO2/c1-14-5-7-16(8-6-14)12-20-13-17(19)11-18-9-3-4-15(2)10-18/h5-8,15,17,19H,3-4,9-13H2,1-2H3/t15-,17+/m1/s1. The summed E-state index contributed by atoms with van der Waals surface area (Å²) in [6, 6.07) is 8.33. The van der Waals surface area contributed by atoms with Gasteiger partial charge in [-0.25, -0.2) is 0 Å². The fourth-order valence-electron chi connectivity index (χ4n) is 2.80. The lowest BCUT2D eigenvalue weighted by Gasteiger charge is -2.32. The van der Waals surface area contributed by atoms with Gasteiger partial charge in [0.25, 0.3) is 0 Å². The van der Waals surface area contributed by atoms with Crippen molar-refractivity contribution in [2.24, 2.45) is 5.92 Å². The number of hydrogen-bond acceptors (Lipinski definition) is 3. The van der Waals surface area contributed by atoms with Crippen molar-refractivity contribution in [3.8, 4) is 0 Å². The van der Waals surface area contributed by atoms with Crippen LogP contribution in [0.4, 0.5) is 0 Å². The molecule has 1 aliphatic heterocycles. The average molecular weight is 277 g/mol. The van der Waals surface area contributed by atoms with Gasteiger partial charge in [-0.3, -0.25) is 0 Å².